The molecule has 2 aromatic carbocycles. The first-order valence-electron chi connectivity index (χ1n) is 5.47. The zero-order chi connectivity index (χ0) is 13.0. The van der Waals surface area contributed by atoms with Crippen molar-refractivity contribution in [3.05, 3.63) is 59.1 Å². The lowest BCUT2D eigenvalue weighted by atomic mass is 10.0. The fourth-order valence-electron chi connectivity index (χ4n) is 1.71. The predicted octanol–water partition coefficient (Wildman–Crippen LogP) is 3.05. The van der Waals surface area contributed by atoms with Gasteiger partial charge in [-0.05, 0) is 28.8 Å². The Morgan fingerprint density at radius 1 is 1.11 bits per heavy atom. The molecular weight excluding hydrogens is 250 g/mol. The number of nitrogens with one attached hydrogen (secondary N) is 1. The van der Waals surface area contributed by atoms with Gasteiger partial charge < -0.3 is 0 Å². The molecule has 4 heteroatoms. The van der Waals surface area contributed by atoms with Gasteiger partial charge in [0.1, 0.15) is 0 Å². The van der Waals surface area contributed by atoms with Crippen molar-refractivity contribution in [3.8, 4) is 11.1 Å². The highest BCUT2D eigenvalue weighted by molar-refractivity contribution is 6.30. The van der Waals surface area contributed by atoms with Crippen LogP contribution in [0.15, 0.2) is 48.5 Å². The second kappa shape index (κ2) is 5.67. The highest BCUT2D eigenvalue weighted by atomic mass is 35.5. The molecule has 0 aliphatic rings. The summed E-state index contributed by atoms with van der Waals surface area (Å²) in [6.07, 6.45) is 0.159. The van der Waals surface area contributed by atoms with Crippen molar-refractivity contribution in [3.63, 3.8) is 0 Å². The van der Waals surface area contributed by atoms with Gasteiger partial charge in [-0.2, -0.15) is 0 Å². The van der Waals surface area contributed by atoms with Crippen molar-refractivity contribution in [2.45, 2.75) is 6.42 Å². The smallest absolute Gasteiger partial charge is 0.247 e. The zero-order valence-corrected chi connectivity index (χ0v) is 10.3. The first kappa shape index (κ1) is 12.6. The van der Waals surface area contributed by atoms with Crippen LogP contribution < -0.4 is 5.48 Å². The number of carbonyl (C=O) groups excluding carboxylic acids is 1. The van der Waals surface area contributed by atoms with E-state index in [4.69, 9.17) is 16.8 Å². The fraction of sp³-hybridized carbons (Fsp3) is 0.0714. The summed E-state index contributed by atoms with van der Waals surface area (Å²) < 4.78 is 0. The molecule has 0 aliphatic heterocycles. The van der Waals surface area contributed by atoms with Crippen LogP contribution in [0.3, 0.4) is 0 Å². The lowest BCUT2D eigenvalue weighted by Gasteiger charge is -2.04. The number of hydroxylamine groups is 1. The summed E-state index contributed by atoms with van der Waals surface area (Å²) in [6, 6.07) is 15.1. The van der Waals surface area contributed by atoms with Crippen LogP contribution in [0.4, 0.5) is 0 Å². The summed E-state index contributed by atoms with van der Waals surface area (Å²) in [7, 11) is 0. The van der Waals surface area contributed by atoms with Crippen molar-refractivity contribution in [2.75, 3.05) is 0 Å². The minimum Gasteiger partial charge on any atom is -0.289 e. The first-order chi connectivity index (χ1) is 8.69. The van der Waals surface area contributed by atoms with Crippen LogP contribution in [0.25, 0.3) is 11.1 Å². The highest BCUT2D eigenvalue weighted by Crippen LogP contribution is 2.23. The standard InChI is InChI=1S/C14H12ClNO2/c15-13-3-1-2-12(9-13)11-6-4-10(5-7-11)8-14(17)16-18/h1-7,9,18H,8H2,(H,16,17). The summed E-state index contributed by atoms with van der Waals surface area (Å²) >= 11 is 5.93. The van der Waals surface area contributed by atoms with E-state index in [1.807, 2.05) is 48.5 Å². The van der Waals surface area contributed by atoms with Crippen LogP contribution >= 0.6 is 11.6 Å². The van der Waals surface area contributed by atoms with E-state index in [-0.39, 0.29) is 6.42 Å². The van der Waals surface area contributed by atoms with E-state index in [1.165, 1.54) is 0 Å². The predicted molar refractivity (Wildman–Crippen MR) is 70.5 cm³/mol. The number of hydrogen-bond donors (Lipinski definition) is 2. The minimum atomic E-state index is -0.425. The molecular formula is C14H12ClNO2. The Bertz CT molecular complexity index is 552. The van der Waals surface area contributed by atoms with Crippen LogP contribution in [0, 0.1) is 0 Å². The maximum absolute atomic E-state index is 11.0. The molecule has 0 spiro atoms. The molecule has 0 bridgehead atoms. The third-order valence-corrected chi connectivity index (χ3v) is 2.84. The summed E-state index contributed by atoms with van der Waals surface area (Å²) in [6.45, 7) is 0. The molecule has 1 amide bonds. The molecule has 0 aliphatic carbocycles. The topological polar surface area (TPSA) is 49.3 Å². The van der Waals surface area contributed by atoms with Gasteiger partial charge in [0, 0.05) is 5.02 Å². The fourth-order valence-corrected chi connectivity index (χ4v) is 1.90. The van der Waals surface area contributed by atoms with Crippen LogP contribution in [-0.4, -0.2) is 11.1 Å². The van der Waals surface area contributed by atoms with Crippen LogP contribution in [0.1, 0.15) is 5.56 Å². The largest absolute Gasteiger partial charge is 0.289 e. The molecule has 0 unspecified atom stereocenters. The molecule has 92 valence electrons. The highest BCUT2D eigenvalue weighted by Gasteiger charge is 2.03. The normalized spacial score (nSPS) is 10.1. The van der Waals surface area contributed by atoms with Gasteiger partial charge in [-0.25, -0.2) is 5.48 Å². The third kappa shape index (κ3) is 3.09. The van der Waals surface area contributed by atoms with Crippen LogP contribution in [0.5, 0.6) is 0 Å². The Hall–Kier alpha value is -1.84. The van der Waals surface area contributed by atoms with Gasteiger partial charge in [-0.15, -0.1) is 0 Å². The SMILES string of the molecule is O=C(Cc1ccc(-c2cccc(Cl)c2)cc1)NO. The van der Waals surface area contributed by atoms with E-state index in [1.54, 1.807) is 5.48 Å². The third-order valence-electron chi connectivity index (χ3n) is 2.60. The first-order valence-corrected chi connectivity index (χ1v) is 5.84. The van der Waals surface area contributed by atoms with E-state index in [0.717, 1.165) is 16.7 Å². The van der Waals surface area contributed by atoms with Crippen molar-refractivity contribution < 1.29 is 10.0 Å². The average molecular weight is 262 g/mol. The second-order valence-electron chi connectivity index (χ2n) is 3.92. The average Bonchev–Trinajstić information content (AvgIpc) is 2.39. The van der Waals surface area contributed by atoms with Gasteiger partial charge in [0.25, 0.3) is 0 Å². The maximum atomic E-state index is 11.0. The van der Waals surface area contributed by atoms with E-state index in [0.29, 0.717) is 5.02 Å². The lowest BCUT2D eigenvalue weighted by Crippen LogP contribution is -2.20. The molecule has 18 heavy (non-hydrogen) atoms. The Labute approximate surface area is 110 Å². The molecule has 0 heterocycles. The minimum absolute atomic E-state index is 0.159. The van der Waals surface area contributed by atoms with Crippen molar-refractivity contribution >= 4 is 17.5 Å². The summed E-state index contributed by atoms with van der Waals surface area (Å²) in [5.41, 5.74) is 4.51. The zero-order valence-electron chi connectivity index (χ0n) is 9.56. The molecule has 2 N–H and O–H groups in total. The lowest BCUT2D eigenvalue weighted by molar-refractivity contribution is -0.128. The summed E-state index contributed by atoms with van der Waals surface area (Å²) in [5, 5.41) is 9.14. The van der Waals surface area contributed by atoms with E-state index in [2.05, 4.69) is 0 Å². The maximum Gasteiger partial charge on any atom is 0.247 e. The quantitative estimate of drug-likeness (QED) is 0.659. The van der Waals surface area contributed by atoms with Gasteiger partial charge >= 0.3 is 0 Å². The van der Waals surface area contributed by atoms with Crippen molar-refractivity contribution in [1.29, 1.82) is 0 Å². The van der Waals surface area contributed by atoms with E-state index < -0.39 is 5.91 Å². The Morgan fingerprint density at radius 3 is 2.44 bits per heavy atom. The van der Waals surface area contributed by atoms with Crippen molar-refractivity contribution in [1.82, 2.24) is 5.48 Å². The Balaban J connectivity index is 2.19. The molecule has 0 radical (unpaired) electrons. The molecule has 0 aromatic heterocycles. The molecule has 2 aromatic rings. The summed E-state index contributed by atoms with van der Waals surface area (Å²) in [5.74, 6) is -0.425. The molecule has 0 saturated carbocycles. The molecule has 2 rings (SSSR count). The van der Waals surface area contributed by atoms with E-state index >= 15 is 0 Å². The second-order valence-corrected chi connectivity index (χ2v) is 4.36. The van der Waals surface area contributed by atoms with Gasteiger partial charge in [0.15, 0.2) is 0 Å². The van der Waals surface area contributed by atoms with Crippen LogP contribution in [0.2, 0.25) is 5.02 Å². The number of carbonyl (C=O) groups is 1. The van der Waals surface area contributed by atoms with E-state index in [9.17, 15) is 4.79 Å². The molecule has 0 fully saturated rings. The number of hydrogen-bond acceptors (Lipinski definition) is 2. The van der Waals surface area contributed by atoms with Crippen LogP contribution in [-0.2, 0) is 11.2 Å². The number of benzene rings is 2. The number of halogens is 1. The number of rotatable bonds is 3. The van der Waals surface area contributed by atoms with Gasteiger partial charge in [0.05, 0.1) is 6.42 Å². The molecule has 0 saturated heterocycles. The Morgan fingerprint density at radius 2 is 1.83 bits per heavy atom. The molecule has 3 nitrogen and oxygen atoms in total. The molecule has 0 atom stereocenters. The summed E-state index contributed by atoms with van der Waals surface area (Å²) in [4.78, 5) is 11.0. The monoisotopic (exact) mass is 261 g/mol. The van der Waals surface area contributed by atoms with Gasteiger partial charge in [-0.1, -0.05) is 48.0 Å². The van der Waals surface area contributed by atoms with Gasteiger partial charge in [-0.3, -0.25) is 10.0 Å². The van der Waals surface area contributed by atoms with Crippen molar-refractivity contribution in [2.24, 2.45) is 0 Å². The number of amides is 1. The van der Waals surface area contributed by atoms with Gasteiger partial charge in [0.2, 0.25) is 5.91 Å². The Kier molecular flexibility index (Phi) is 3.97.